The molecule has 0 aromatic carbocycles. The Kier molecular flexibility index (Phi) is 4.43. The monoisotopic (exact) mass is 405 g/mol. The van der Waals surface area contributed by atoms with Gasteiger partial charge in [-0.3, -0.25) is 4.90 Å². The molecule has 1 saturated carbocycles. The van der Waals surface area contributed by atoms with E-state index in [2.05, 4.69) is 57.3 Å². The van der Waals surface area contributed by atoms with Gasteiger partial charge in [0.1, 0.15) is 5.82 Å². The van der Waals surface area contributed by atoms with E-state index in [0.717, 1.165) is 33.5 Å². The molecule has 1 saturated heterocycles. The first-order valence-corrected chi connectivity index (χ1v) is 8.85. The van der Waals surface area contributed by atoms with Crippen LogP contribution in [0.2, 0.25) is 5.02 Å². The van der Waals surface area contributed by atoms with Crippen molar-refractivity contribution in [3.63, 3.8) is 0 Å². The highest BCUT2D eigenvalue weighted by Crippen LogP contribution is 2.31. The zero-order valence-corrected chi connectivity index (χ0v) is 14.9. The van der Waals surface area contributed by atoms with Crippen LogP contribution in [0, 0.1) is 3.57 Å². The molecule has 3 rings (SSSR count). The van der Waals surface area contributed by atoms with Gasteiger partial charge in [0.15, 0.2) is 0 Å². The van der Waals surface area contributed by atoms with E-state index in [1.54, 1.807) is 6.20 Å². The molecule has 20 heavy (non-hydrogen) atoms. The molecule has 2 atom stereocenters. The first-order valence-electron chi connectivity index (χ1n) is 7.39. The number of rotatable bonds is 2. The number of pyridine rings is 1. The summed E-state index contributed by atoms with van der Waals surface area (Å²) >= 11 is 8.37. The number of piperazine rings is 1. The Morgan fingerprint density at radius 1 is 1.25 bits per heavy atom. The largest absolute Gasteiger partial charge is 0.349 e. The van der Waals surface area contributed by atoms with E-state index < -0.39 is 0 Å². The second kappa shape index (κ2) is 5.97. The average Bonchev–Trinajstić information content (AvgIpc) is 2.30. The molecule has 1 aromatic heterocycles. The van der Waals surface area contributed by atoms with Gasteiger partial charge in [0, 0.05) is 41.0 Å². The van der Waals surface area contributed by atoms with E-state index in [-0.39, 0.29) is 0 Å². The van der Waals surface area contributed by atoms with Gasteiger partial charge in [0.05, 0.1) is 5.02 Å². The van der Waals surface area contributed by atoms with Crippen LogP contribution < -0.4 is 4.90 Å². The maximum absolute atomic E-state index is 6.09. The molecule has 0 spiro atoms. The molecule has 0 N–H and O–H groups in total. The van der Waals surface area contributed by atoms with Gasteiger partial charge in [-0.15, -0.1) is 0 Å². The Bertz CT molecular complexity index is 480. The van der Waals surface area contributed by atoms with Gasteiger partial charge >= 0.3 is 0 Å². The highest BCUT2D eigenvalue weighted by atomic mass is 127. The number of hydrogen-bond acceptors (Lipinski definition) is 3. The van der Waals surface area contributed by atoms with Crippen LogP contribution in [0.5, 0.6) is 0 Å². The normalized spacial score (nSPS) is 28.5. The molecule has 2 heterocycles. The molecule has 0 amide bonds. The molecule has 1 aliphatic heterocycles. The molecule has 1 unspecified atom stereocenters. The first-order chi connectivity index (χ1) is 9.56. The van der Waals surface area contributed by atoms with Crippen molar-refractivity contribution in [1.29, 1.82) is 0 Å². The minimum Gasteiger partial charge on any atom is -0.349 e. The van der Waals surface area contributed by atoms with Crippen molar-refractivity contribution in [1.82, 2.24) is 9.88 Å². The van der Waals surface area contributed by atoms with Crippen LogP contribution in [0.25, 0.3) is 0 Å². The van der Waals surface area contributed by atoms with E-state index in [4.69, 9.17) is 11.6 Å². The Morgan fingerprint density at radius 3 is 2.40 bits per heavy atom. The highest BCUT2D eigenvalue weighted by Gasteiger charge is 2.35. The lowest BCUT2D eigenvalue weighted by Gasteiger charge is -2.49. The summed E-state index contributed by atoms with van der Waals surface area (Å²) in [6.07, 6.45) is 5.95. The van der Waals surface area contributed by atoms with Crippen molar-refractivity contribution < 1.29 is 0 Å². The fourth-order valence-electron chi connectivity index (χ4n) is 3.41. The van der Waals surface area contributed by atoms with Crippen molar-refractivity contribution in [3.05, 3.63) is 20.9 Å². The van der Waals surface area contributed by atoms with Crippen molar-refractivity contribution in [2.45, 2.75) is 51.2 Å². The lowest BCUT2D eigenvalue weighted by molar-refractivity contribution is 0.0909. The van der Waals surface area contributed by atoms with Crippen LogP contribution in [0.4, 0.5) is 5.82 Å². The first kappa shape index (κ1) is 14.9. The van der Waals surface area contributed by atoms with Gasteiger partial charge in [-0.25, -0.2) is 4.98 Å². The number of anilines is 1. The maximum Gasteiger partial charge on any atom is 0.130 e. The molecular formula is C15H21ClIN3. The van der Waals surface area contributed by atoms with Gasteiger partial charge in [-0.2, -0.15) is 0 Å². The molecule has 1 aromatic rings. The standard InChI is InChI=1S/C15H21ClIN3/c1-10-8-19(12-4-3-5-12)9-11(2)20(10)15-6-14(17)13(16)7-18-15/h6-7,10-12H,3-5,8-9H2,1-2H3/t10-,11?/m0/s1. The zero-order chi connectivity index (χ0) is 14.3. The minimum atomic E-state index is 0.504. The summed E-state index contributed by atoms with van der Waals surface area (Å²) in [6, 6.07) is 3.95. The van der Waals surface area contributed by atoms with Gasteiger partial charge < -0.3 is 4.90 Å². The second-order valence-electron chi connectivity index (χ2n) is 6.10. The summed E-state index contributed by atoms with van der Waals surface area (Å²) < 4.78 is 1.08. The van der Waals surface area contributed by atoms with Crippen LogP contribution in [0.3, 0.4) is 0 Å². The molecular weight excluding hydrogens is 385 g/mol. The molecule has 2 aliphatic rings. The van der Waals surface area contributed by atoms with Crippen LogP contribution in [-0.2, 0) is 0 Å². The van der Waals surface area contributed by atoms with Crippen molar-refractivity contribution >= 4 is 40.0 Å². The number of hydrogen-bond donors (Lipinski definition) is 0. The molecule has 3 nitrogen and oxygen atoms in total. The SMILES string of the molecule is CC1CN(C2CCC2)C[C@H](C)N1c1cc(I)c(Cl)cn1. The lowest BCUT2D eigenvalue weighted by atomic mass is 9.89. The molecule has 1 aliphatic carbocycles. The summed E-state index contributed by atoms with van der Waals surface area (Å²) in [5.74, 6) is 1.06. The van der Waals surface area contributed by atoms with Crippen LogP contribution >= 0.6 is 34.2 Å². The highest BCUT2D eigenvalue weighted by molar-refractivity contribution is 14.1. The smallest absolute Gasteiger partial charge is 0.130 e. The fraction of sp³-hybridized carbons (Fsp3) is 0.667. The number of aromatic nitrogens is 1. The number of nitrogens with zero attached hydrogens (tertiary/aromatic N) is 3. The topological polar surface area (TPSA) is 19.4 Å². The van der Waals surface area contributed by atoms with Gasteiger partial charge in [0.25, 0.3) is 0 Å². The third-order valence-electron chi connectivity index (χ3n) is 4.60. The van der Waals surface area contributed by atoms with E-state index >= 15 is 0 Å². The summed E-state index contributed by atoms with van der Waals surface area (Å²) in [7, 11) is 0. The average molecular weight is 406 g/mol. The summed E-state index contributed by atoms with van der Waals surface area (Å²) in [4.78, 5) is 9.67. The minimum absolute atomic E-state index is 0.504. The third kappa shape index (κ3) is 2.79. The van der Waals surface area contributed by atoms with Crippen LogP contribution in [0.1, 0.15) is 33.1 Å². The van der Waals surface area contributed by atoms with Gasteiger partial charge in [-0.1, -0.05) is 18.0 Å². The predicted molar refractivity (Wildman–Crippen MR) is 92.6 cm³/mol. The number of halogens is 2. The van der Waals surface area contributed by atoms with Crippen molar-refractivity contribution in [2.24, 2.45) is 0 Å². The quantitative estimate of drug-likeness (QED) is 0.698. The third-order valence-corrected chi connectivity index (χ3v) is 6.11. The molecule has 0 bridgehead atoms. The summed E-state index contributed by atoms with van der Waals surface area (Å²) in [5.41, 5.74) is 0. The van der Waals surface area contributed by atoms with E-state index in [1.165, 1.54) is 19.3 Å². The Labute approximate surface area is 139 Å². The Hall–Kier alpha value is -0.0700. The second-order valence-corrected chi connectivity index (χ2v) is 7.67. The van der Waals surface area contributed by atoms with Crippen LogP contribution in [0.15, 0.2) is 12.3 Å². The maximum atomic E-state index is 6.09. The van der Waals surface area contributed by atoms with Crippen molar-refractivity contribution in [2.75, 3.05) is 18.0 Å². The van der Waals surface area contributed by atoms with Gasteiger partial charge in [-0.05, 0) is 55.3 Å². The molecule has 110 valence electrons. The predicted octanol–water partition coefficient (Wildman–Crippen LogP) is 3.79. The summed E-state index contributed by atoms with van der Waals surface area (Å²) in [6.45, 7) is 6.92. The van der Waals surface area contributed by atoms with Crippen LogP contribution in [-0.4, -0.2) is 41.1 Å². The molecule has 0 radical (unpaired) electrons. The summed E-state index contributed by atoms with van der Waals surface area (Å²) in [5, 5.41) is 0.739. The molecule has 2 fully saturated rings. The van der Waals surface area contributed by atoms with E-state index in [1.807, 2.05) is 0 Å². The molecule has 5 heteroatoms. The Morgan fingerprint density at radius 2 is 1.90 bits per heavy atom. The lowest BCUT2D eigenvalue weighted by Crippen LogP contribution is -2.60. The Balaban J connectivity index is 1.77. The van der Waals surface area contributed by atoms with E-state index in [0.29, 0.717) is 12.1 Å². The van der Waals surface area contributed by atoms with E-state index in [9.17, 15) is 0 Å². The van der Waals surface area contributed by atoms with Gasteiger partial charge in [0.2, 0.25) is 0 Å². The zero-order valence-electron chi connectivity index (χ0n) is 12.0. The fourth-order valence-corrected chi connectivity index (χ4v) is 3.93. The van der Waals surface area contributed by atoms with Crippen molar-refractivity contribution in [3.8, 4) is 0 Å².